The summed E-state index contributed by atoms with van der Waals surface area (Å²) in [6.07, 6.45) is 3.71. The smallest absolute Gasteiger partial charge is 0.175 e. The van der Waals surface area contributed by atoms with Crippen LogP contribution in [-0.2, 0) is 0 Å². The minimum atomic E-state index is -0.462. The molecule has 2 aliphatic carbocycles. The van der Waals surface area contributed by atoms with E-state index in [1.807, 2.05) is 0 Å². The molecule has 2 aromatic rings. The van der Waals surface area contributed by atoms with Gasteiger partial charge in [0.1, 0.15) is 5.82 Å². The first-order chi connectivity index (χ1) is 9.68. The van der Waals surface area contributed by atoms with Crippen molar-refractivity contribution in [3.8, 4) is 11.1 Å². The fourth-order valence-corrected chi connectivity index (χ4v) is 3.90. The Balaban J connectivity index is 1.82. The van der Waals surface area contributed by atoms with Gasteiger partial charge in [-0.25, -0.2) is 4.39 Å². The molecule has 0 amide bonds. The summed E-state index contributed by atoms with van der Waals surface area (Å²) in [5.41, 5.74) is 6.87. The Morgan fingerprint density at radius 1 is 1.30 bits per heavy atom. The van der Waals surface area contributed by atoms with Crippen molar-refractivity contribution in [3.05, 3.63) is 34.8 Å². The van der Waals surface area contributed by atoms with E-state index in [0.717, 1.165) is 5.76 Å². The number of nitrogen functional groups attached to an aromatic ring is 1. The summed E-state index contributed by atoms with van der Waals surface area (Å²) >= 11 is 5.86. The number of halogens is 2. The Hall–Kier alpha value is -1.55. The molecule has 0 spiro atoms. The monoisotopic (exact) mass is 292 g/mol. The number of fused-ring (bicyclic) bond motifs is 1. The molecule has 0 aliphatic heterocycles. The van der Waals surface area contributed by atoms with E-state index in [1.165, 1.54) is 25.3 Å². The molecule has 3 nitrogen and oxygen atoms in total. The lowest BCUT2D eigenvalue weighted by atomic mass is 10.00. The summed E-state index contributed by atoms with van der Waals surface area (Å²) in [6.45, 7) is 0. The third kappa shape index (κ3) is 1.61. The van der Waals surface area contributed by atoms with Gasteiger partial charge in [-0.15, -0.1) is 0 Å². The highest BCUT2D eigenvalue weighted by molar-refractivity contribution is 6.31. The van der Waals surface area contributed by atoms with Gasteiger partial charge in [-0.05, 0) is 30.7 Å². The lowest BCUT2D eigenvalue weighted by molar-refractivity contribution is 0.376. The zero-order valence-electron chi connectivity index (χ0n) is 10.8. The van der Waals surface area contributed by atoms with Crippen LogP contribution in [0.3, 0.4) is 0 Å². The van der Waals surface area contributed by atoms with E-state index in [2.05, 4.69) is 5.16 Å². The Labute approximate surface area is 120 Å². The standard InChI is InChI=1S/C15H14ClFN2O/c16-10-6-2-5-9(13(10)17)12-14(20-19-15(12)18)11-7-3-1-4-8(7)11/h2,5-8,11H,1,3-4H2,(H2,18,19). The van der Waals surface area contributed by atoms with Crippen LogP contribution in [0, 0.1) is 17.7 Å². The molecule has 2 N–H and O–H groups in total. The van der Waals surface area contributed by atoms with Crippen LogP contribution in [0.1, 0.15) is 30.9 Å². The van der Waals surface area contributed by atoms with Crippen molar-refractivity contribution in [1.82, 2.24) is 5.16 Å². The minimum absolute atomic E-state index is 0.0880. The normalized spacial score (nSPS) is 27.6. The number of aromatic nitrogens is 1. The van der Waals surface area contributed by atoms with Crippen molar-refractivity contribution >= 4 is 17.4 Å². The molecule has 1 heterocycles. The van der Waals surface area contributed by atoms with Crippen LogP contribution in [-0.4, -0.2) is 5.16 Å². The van der Waals surface area contributed by atoms with Crippen LogP contribution in [0.5, 0.6) is 0 Å². The summed E-state index contributed by atoms with van der Waals surface area (Å²) in [6, 6.07) is 4.91. The van der Waals surface area contributed by atoms with E-state index in [4.69, 9.17) is 21.9 Å². The van der Waals surface area contributed by atoms with E-state index in [1.54, 1.807) is 12.1 Å². The van der Waals surface area contributed by atoms with Gasteiger partial charge in [0.15, 0.2) is 11.6 Å². The van der Waals surface area contributed by atoms with Crippen LogP contribution in [0.25, 0.3) is 11.1 Å². The van der Waals surface area contributed by atoms with Crippen LogP contribution >= 0.6 is 11.6 Å². The third-order valence-corrected chi connectivity index (χ3v) is 4.97. The molecule has 2 saturated carbocycles. The summed E-state index contributed by atoms with van der Waals surface area (Å²) in [7, 11) is 0. The van der Waals surface area contributed by atoms with Gasteiger partial charge in [0, 0.05) is 11.5 Å². The summed E-state index contributed by atoms with van der Waals surface area (Å²) in [5.74, 6) is 2.18. The van der Waals surface area contributed by atoms with Gasteiger partial charge in [-0.3, -0.25) is 0 Å². The predicted molar refractivity (Wildman–Crippen MR) is 74.9 cm³/mol. The molecule has 2 atom stereocenters. The van der Waals surface area contributed by atoms with Gasteiger partial charge in [0.25, 0.3) is 0 Å². The Kier molecular flexibility index (Phi) is 2.58. The molecule has 2 aliphatic rings. The second kappa shape index (κ2) is 4.22. The van der Waals surface area contributed by atoms with E-state index >= 15 is 0 Å². The lowest BCUT2D eigenvalue weighted by Crippen LogP contribution is -1.95. The zero-order chi connectivity index (χ0) is 13.9. The molecule has 1 aromatic heterocycles. The van der Waals surface area contributed by atoms with Crippen LogP contribution in [0.4, 0.5) is 10.2 Å². The van der Waals surface area contributed by atoms with Crippen molar-refractivity contribution in [1.29, 1.82) is 0 Å². The Morgan fingerprint density at radius 3 is 2.80 bits per heavy atom. The Morgan fingerprint density at radius 2 is 2.05 bits per heavy atom. The molecule has 5 heteroatoms. The number of hydrogen-bond donors (Lipinski definition) is 1. The first-order valence-corrected chi connectivity index (χ1v) is 7.25. The van der Waals surface area contributed by atoms with Gasteiger partial charge in [-0.1, -0.05) is 35.3 Å². The van der Waals surface area contributed by atoms with E-state index in [-0.39, 0.29) is 10.8 Å². The molecule has 4 rings (SSSR count). The maximum absolute atomic E-state index is 14.2. The highest BCUT2D eigenvalue weighted by atomic mass is 35.5. The summed E-state index contributed by atoms with van der Waals surface area (Å²) < 4.78 is 19.7. The van der Waals surface area contributed by atoms with E-state index < -0.39 is 5.82 Å². The predicted octanol–water partition coefficient (Wildman–Crippen LogP) is 4.23. The van der Waals surface area contributed by atoms with Gasteiger partial charge < -0.3 is 10.3 Å². The van der Waals surface area contributed by atoms with Crippen LogP contribution in [0.2, 0.25) is 5.02 Å². The van der Waals surface area contributed by atoms with Gasteiger partial charge in [0.05, 0.1) is 10.6 Å². The Bertz CT molecular complexity index is 675. The van der Waals surface area contributed by atoms with Crippen molar-refractivity contribution in [3.63, 3.8) is 0 Å². The molecule has 1 aromatic carbocycles. The molecule has 0 bridgehead atoms. The molecule has 0 saturated heterocycles. The first kappa shape index (κ1) is 12.2. The molecule has 104 valence electrons. The quantitative estimate of drug-likeness (QED) is 0.901. The molecular weight excluding hydrogens is 279 g/mol. The maximum atomic E-state index is 14.2. The van der Waals surface area contributed by atoms with Gasteiger partial charge in [-0.2, -0.15) is 0 Å². The average Bonchev–Trinajstić information content (AvgIpc) is 2.78. The maximum Gasteiger partial charge on any atom is 0.175 e. The molecular formula is C15H14ClFN2O. The largest absolute Gasteiger partial charge is 0.380 e. The second-order valence-corrected chi connectivity index (χ2v) is 6.10. The van der Waals surface area contributed by atoms with E-state index in [0.29, 0.717) is 28.9 Å². The summed E-state index contributed by atoms with van der Waals surface area (Å²) in [5, 5.41) is 3.93. The number of rotatable bonds is 2. The average molecular weight is 293 g/mol. The molecule has 0 radical (unpaired) electrons. The highest BCUT2D eigenvalue weighted by Gasteiger charge is 2.56. The zero-order valence-corrected chi connectivity index (χ0v) is 11.5. The van der Waals surface area contributed by atoms with E-state index in [9.17, 15) is 4.39 Å². The number of nitrogens with two attached hydrogens (primary N) is 1. The number of benzene rings is 1. The van der Waals surface area contributed by atoms with Crippen LogP contribution < -0.4 is 5.73 Å². The van der Waals surface area contributed by atoms with Crippen molar-refractivity contribution in [2.75, 3.05) is 5.73 Å². The number of hydrogen-bond acceptors (Lipinski definition) is 3. The second-order valence-electron chi connectivity index (χ2n) is 5.69. The van der Waals surface area contributed by atoms with Gasteiger partial charge >= 0.3 is 0 Å². The summed E-state index contributed by atoms with van der Waals surface area (Å²) in [4.78, 5) is 0. The molecule has 20 heavy (non-hydrogen) atoms. The lowest BCUT2D eigenvalue weighted by Gasteiger charge is -2.06. The first-order valence-electron chi connectivity index (χ1n) is 6.88. The van der Waals surface area contributed by atoms with Crippen molar-refractivity contribution < 1.29 is 8.91 Å². The fourth-order valence-electron chi connectivity index (χ4n) is 3.72. The molecule has 2 unspecified atom stereocenters. The van der Waals surface area contributed by atoms with Crippen molar-refractivity contribution in [2.45, 2.75) is 25.2 Å². The number of anilines is 1. The third-order valence-electron chi connectivity index (χ3n) is 4.68. The number of nitrogens with zero attached hydrogens (tertiary/aromatic N) is 1. The SMILES string of the molecule is Nc1noc(C2C3CCCC32)c1-c1cccc(Cl)c1F. The van der Waals surface area contributed by atoms with Gasteiger partial charge in [0.2, 0.25) is 0 Å². The minimum Gasteiger partial charge on any atom is -0.380 e. The topological polar surface area (TPSA) is 52.0 Å². The fraction of sp³-hybridized carbons (Fsp3) is 0.400. The molecule has 2 fully saturated rings. The van der Waals surface area contributed by atoms with Crippen LogP contribution in [0.15, 0.2) is 22.7 Å². The highest BCUT2D eigenvalue weighted by Crippen LogP contribution is 2.64. The van der Waals surface area contributed by atoms with Crippen molar-refractivity contribution in [2.24, 2.45) is 11.8 Å².